The van der Waals surface area contributed by atoms with Gasteiger partial charge in [0.05, 0.1) is 17.7 Å². The highest BCUT2D eigenvalue weighted by Gasteiger charge is 2.10. The molecule has 0 saturated heterocycles. The highest BCUT2D eigenvalue weighted by molar-refractivity contribution is 6.31. The fourth-order valence-corrected chi connectivity index (χ4v) is 1.97. The lowest BCUT2D eigenvalue weighted by Crippen LogP contribution is -2.09. The van der Waals surface area contributed by atoms with Gasteiger partial charge in [-0.15, -0.1) is 0 Å². The summed E-state index contributed by atoms with van der Waals surface area (Å²) in [6.07, 6.45) is 0. The second-order valence-corrected chi connectivity index (χ2v) is 4.54. The van der Waals surface area contributed by atoms with Gasteiger partial charge in [0.15, 0.2) is 0 Å². The van der Waals surface area contributed by atoms with Crippen molar-refractivity contribution in [1.29, 1.82) is 0 Å². The largest absolute Gasteiger partial charge is 0.465 e. The lowest BCUT2D eigenvalue weighted by Gasteiger charge is -2.10. The van der Waals surface area contributed by atoms with Gasteiger partial charge in [-0.2, -0.15) is 0 Å². The van der Waals surface area contributed by atoms with Gasteiger partial charge in [0.25, 0.3) is 0 Å². The molecular formula is C15H13ClFNO2. The maximum atomic E-state index is 13.1. The number of carbonyl (C=O) groups is 1. The maximum Gasteiger partial charge on any atom is 0.338 e. The number of anilines is 1. The summed E-state index contributed by atoms with van der Waals surface area (Å²) in [4.78, 5) is 11.6. The molecule has 0 unspecified atom stereocenters. The zero-order valence-electron chi connectivity index (χ0n) is 10.8. The standard InChI is InChI=1S/C15H13ClFNO2/c1-20-15(19)12-5-3-2-4-10(12)9-18-11-6-7-14(17)13(16)8-11/h2-8,18H,9H2,1H3. The highest BCUT2D eigenvalue weighted by Crippen LogP contribution is 2.20. The van der Waals surface area contributed by atoms with Gasteiger partial charge < -0.3 is 10.1 Å². The first-order valence-electron chi connectivity index (χ1n) is 5.97. The summed E-state index contributed by atoms with van der Waals surface area (Å²) in [5.74, 6) is -0.855. The van der Waals surface area contributed by atoms with E-state index in [2.05, 4.69) is 5.32 Å². The Morgan fingerprint density at radius 2 is 2.05 bits per heavy atom. The smallest absolute Gasteiger partial charge is 0.338 e. The third kappa shape index (κ3) is 3.27. The van der Waals surface area contributed by atoms with Crippen LogP contribution in [0.4, 0.5) is 10.1 Å². The predicted octanol–water partition coefficient (Wildman–Crippen LogP) is 3.88. The minimum atomic E-state index is -0.466. The first-order chi connectivity index (χ1) is 9.61. The molecule has 0 aliphatic carbocycles. The topological polar surface area (TPSA) is 38.3 Å². The van der Waals surface area contributed by atoms with Crippen LogP contribution in [0.1, 0.15) is 15.9 Å². The fraction of sp³-hybridized carbons (Fsp3) is 0.133. The molecule has 0 aliphatic rings. The molecule has 3 nitrogen and oxygen atoms in total. The van der Waals surface area contributed by atoms with E-state index >= 15 is 0 Å². The first kappa shape index (κ1) is 14.3. The van der Waals surface area contributed by atoms with Crippen LogP contribution in [0.15, 0.2) is 42.5 Å². The summed E-state index contributed by atoms with van der Waals surface area (Å²) in [5, 5.41) is 3.14. The van der Waals surface area contributed by atoms with E-state index in [1.54, 1.807) is 18.2 Å². The second-order valence-electron chi connectivity index (χ2n) is 4.13. The van der Waals surface area contributed by atoms with E-state index in [1.807, 2.05) is 12.1 Å². The molecule has 0 radical (unpaired) electrons. The lowest BCUT2D eigenvalue weighted by atomic mass is 10.1. The van der Waals surface area contributed by atoms with Crippen molar-refractivity contribution in [2.75, 3.05) is 12.4 Å². The van der Waals surface area contributed by atoms with Crippen LogP contribution in [0.3, 0.4) is 0 Å². The average Bonchev–Trinajstić information content (AvgIpc) is 2.48. The number of hydrogen-bond acceptors (Lipinski definition) is 3. The summed E-state index contributed by atoms with van der Waals surface area (Å²) < 4.78 is 17.8. The number of nitrogens with one attached hydrogen (secondary N) is 1. The number of ether oxygens (including phenoxy) is 1. The third-order valence-electron chi connectivity index (χ3n) is 2.83. The number of benzene rings is 2. The van der Waals surface area contributed by atoms with Crippen molar-refractivity contribution in [2.24, 2.45) is 0 Å². The van der Waals surface area contributed by atoms with Crippen molar-refractivity contribution in [1.82, 2.24) is 0 Å². The van der Waals surface area contributed by atoms with Crippen LogP contribution in [0.2, 0.25) is 5.02 Å². The highest BCUT2D eigenvalue weighted by atomic mass is 35.5. The Balaban J connectivity index is 2.14. The Morgan fingerprint density at radius 3 is 2.75 bits per heavy atom. The Labute approximate surface area is 121 Å². The van der Waals surface area contributed by atoms with E-state index < -0.39 is 5.82 Å². The second kappa shape index (κ2) is 6.39. The zero-order chi connectivity index (χ0) is 14.5. The van der Waals surface area contributed by atoms with Crippen LogP contribution in [0, 0.1) is 5.82 Å². The number of hydrogen-bond donors (Lipinski definition) is 1. The molecule has 1 N–H and O–H groups in total. The van der Waals surface area contributed by atoms with Crippen LogP contribution in [0.5, 0.6) is 0 Å². The summed E-state index contributed by atoms with van der Waals surface area (Å²) >= 11 is 5.71. The zero-order valence-corrected chi connectivity index (χ0v) is 11.6. The van der Waals surface area contributed by atoms with Crippen LogP contribution in [-0.2, 0) is 11.3 Å². The van der Waals surface area contributed by atoms with Crippen molar-refractivity contribution < 1.29 is 13.9 Å². The third-order valence-corrected chi connectivity index (χ3v) is 3.11. The van der Waals surface area contributed by atoms with Crippen molar-refractivity contribution in [3.05, 3.63) is 64.4 Å². The van der Waals surface area contributed by atoms with Gasteiger partial charge >= 0.3 is 5.97 Å². The normalized spacial score (nSPS) is 10.2. The quantitative estimate of drug-likeness (QED) is 0.870. The van der Waals surface area contributed by atoms with Crippen LogP contribution in [0.25, 0.3) is 0 Å². The molecule has 0 aromatic heterocycles. The molecule has 0 aliphatic heterocycles. The summed E-state index contributed by atoms with van der Waals surface area (Å²) in [6, 6.07) is 11.5. The summed E-state index contributed by atoms with van der Waals surface area (Å²) in [7, 11) is 1.34. The van der Waals surface area contributed by atoms with Crippen LogP contribution >= 0.6 is 11.6 Å². The van der Waals surface area contributed by atoms with Gasteiger partial charge in [-0.05, 0) is 29.8 Å². The molecule has 0 heterocycles. The molecule has 5 heteroatoms. The number of methoxy groups -OCH3 is 1. The van der Waals surface area contributed by atoms with Gasteiger partial charge in [0.1, 0.15) is 5.82 Å². The van der Waals surface area contributed by atoms with E-state index in [-0.39, 0.29) is 11.0 Å². The molecule has 0 saturated carbocycles. The van der Waals surface area contributed by atoms with Gasteiger partial charge in [0, 0.05) is 12.2 Å². The molecule has 2 aromatic carbocycles. The number of rotatable bonds is 4. The van der Waals surface area contributed by atoms with Crippen molar-refractivity contribution in [3.8, 4) is 0 Å². The van der Waals surface area contributed by atoms with Crippen molar-refractivity contribution >= 4 is 23.3 Å². The van der Waals surface area contributed by atoms with Crippen molar-refractivity contribution in [3.63, 3.8) is 0 Å². The average molecular weight is 294 g/mol. The number of carbonyl (C=O) groups excluding carboxylic acids is 1. The lowest BCUT2D eigenvalue weighted by molar-refractivity contribution is 0.0599. The number of halogens is 2. The van der Waals surface area contributed by atoms with Gasteiger partial charge in [-0.3, -0.25) is 0 Å². The number of esters is 1. The Hall–Kier alpha value is -2.07. The first-order valence-corrected chi connectivity index (χ1v) is 6.34. The SMILES string of the molecule is COC(=O)c1ccccc1CNc1ccc(F)c(Cl)c1. The molecule has 0 spiro atoms. The molecule has 0 fully saturated rings. The van der Waals surface area contributed by atoms with E-state index in [0.717, 1.165) is 5.56 Å². The van der Waals surface area contributed by atoms with Gasteiger partial charge in [0.2, 0.25) is 0 Å². The van der Waals surface area contributed by atoms with E-state index in [0.29, 0.717) is 17.8 Å². The van der Waals surface area contributed by atoms with Gasteiger partial charge in [-0.25, -0.2) is 9.18 Å². The Kier molecular flexibility index (Phi) is 4.58. The Morgan fingerprint density at radius 1 is 1.30 bits per heavy atom. The molecule has 0 atom stereocenters. The maximum absolute atomic E-state index is 13.1. The van der Waals surface area contributed by atoms with E-state index in [1.165, 1.54) is 19.2 Å². The molecule has 104 valence electrons. The minimum absolute atomic E-state index is 0.0521. The molecule has 2 rings (SSSR count). The predicted molar refractivity (Wildman–Crippen MR) is 76.5 cm³/mol. The summed E-state index contributed by atoms with van der Waals surface area (Å²) in [5.41, 5.74) is 1.96. The molecule has 20 heavy (non-hydrogen) atoms. The van der Waals surface area contributed by atoms with Gasteiger partial charge in [-0.1, -0.05) is 29.8 Å². The molecule has 2 aromatic rings. The fourth-order valence-electron chi connectivity index (χ4n) is 1.79. The minimum Gasteiger partial charge on any atom is -0.465 e. The van der Waals surface area contributed by atoms with Crippen molar-refractivity contribution in [2.45, 2.75) is 6.54 Å². The monoisotopic (exact) mass is 293 g/mol. The molecule has 0 bridgehead atoms. The van der Waals surface area contributed by atoms with Crippen LogP contribution < -0.4 is 5.32 Å². The van der Waals surface area contributed by atoms with E-state index in [4.69, 9.17) is 16.3 Å². The summed E-state index contributed by atoms with van der Waals surface area (Å²) in [6.45, 7) is 0.410. The van der Waals surface area contributed by atoms with Crippen LogP contribution in [-0.4, -0.2) is 13.1 Å². The Bertz CT molecular complexity index is 631. The van der Waals surface area contributed by atoms with E-state index in [9.17, 15) is 9.18 Å². The molecule has 0 amide bonds. The molecular weight excluding hydrogens is 281 g/mol.